The highest BCUT2D eigenvalue weighted by Gasteiger charge is 2.36. The van der Waals surface area contributed by atoms with Crippen LogP contribution in [0.5, 0.6) is 0 Å². The van der Waals surface area contributed by atoms with E-state index in [4.69, 9.17) is 5.73 Å². The van der Waals surface area contributed by atoms with Crippen molar-refractivity contribution in [2.75, 3.05) is 0 Å². The van der Waals surface area contributed by atoms with Gasteiger partial charge in [0.15, 0.2) is 0 Å². The lowest BCUT2D eigenvalue weighted by atomic mass is 9.97. The third-order valence-electron chi connectivity index (χ3n) is 1.63. The number of hydrogen-bond acceptors (Lipinski definition) is 4. The van der Waals surface area contributed by atoms with E-state index in [-0.39, 0.29) is 11.3 Å². The topological polar surface area (TPSA) is 81.5 Å². The van der Waals surface area contributed by atoms with Crippen LogP contribution in [0.1, 0.15) is 13.3 Å². The smallest absolute Gasteiger partial charge is 0.246 e. The maximum Gasteiger partial charge on any atom is 0.246 e. The van der Waals surface area contributed by atoms with Crippen LogP contribution in [-0.4, -0.2) is 16.3 Å². The molecule has 1 rings (SSSR count). The Hall–Kier alpha value is -1.39. The second-order valence-electron chi connectivity index (χ2n) is 2.73. The minimum absolute atomic E-state index is 0.191. The van der Waals surface area contributed by atoms with Gasteiger partial charge in [-0.2, -0.15) is 0 Å². The first-order chi connectivity index (χ1) is 5.04. The van der Waals surface area contributed by atoms with Crippen molar-refractivity contribution in [1.82, 2.24) is 0 Å². The van der Waals surface area contributed by atoms with Crippen LogP contribution >= 0.6 is 0 Å². The van der Waals surface area contributed by atoms with Crippen LogP contribution in [0.3, 0.4) is 0 Å². The number of nitrogens with two attached hydrogens (primary N) is 1. The molecule has 0 radical (unpaired) electrons. The van der Waals surface area contributed by atoms with Gasteiger partial charge in [0.2, 0.25) is 5.54 Å². The Labute approximate surface area is 63.8 Å². The second-order valence-corrected chi connectivity index (χ2v) is 2.73. The molecular weight excluding hydrogens is 146 g/mol. The first kappa shape index (κ1) is 7.71. The van der Waals surface area contributed by atoms with Crippen molar-refractivity contribution >= 4 is 5.84 Å². The molecule has 0 aromatic rings. The predicted molar refractivity (Wildman–Crippen MR) is 40.8 cm³/mol. The lowest BCUT2D eigenvalue weighted by Crippen LogP contribution is -2.38. The van der Waals surface area contributed by atoms with Crippen LogP contribution in [0, 0.1) is 10.1 Å². The molecule has 5 heteroatoms. The minimum atomic E-state index is -1.06. The molecule has 5 nitrogen and oxygen atoms in total. The van der Waals surface area contributed by atoms with Gasteiger partial charge in [0, 0.05) is 24.1 Å². The van der Waals surface area contributed by atoms with E-state index in [1.807, 2.05) is 0 Å². The van der Waals surface area contributed by atoms with Crippen LogP contribution in [0.15, 0.2) is 17.3 Å². The molecule has 0 spiro atoms. The van der Waals surface area contributed by atoms with Gasteiger partial charge in [0.1, 0.15) is 5.84 Å². The third-order valence-corrected chi connectivity index (χ3v) is 1.63. The summed E-state index contributed by atoms with van der Waals surface area (Å²) < 4.78 is 0. The highest BCUT2D eigenvalue weighted by atomic mass is 16.6. The summed E-state index contributed by atoms with van der Waals surface area (Å²) in [6.45, 7) is 1.52. The Morgan fingerprint density at radius 2 is 2.55 bits per heavy atom. The van der Waals surface area contributed by atoms with E-state index in [9.17, 15) is 10.1 Å². The van der Waals surface area contributed by atoms with E-state index in [1.54, 1.807) is 0 Å². The fourth-order valence-corrected chi connectivity index (χ4v) is 0.890. The fourth-order valence-electron chi connectivity index (χ4n) is 0.890. The Bertz CT molecular complexity index is 246. The van der Waals surface area contributed by atoms with Crippen molar-refractivity contribution in [2.45, 2.75) is 18.9 Å². The van der Waals surface area contributed by atoms with E-state index in [2.05, 4.69) is 4.99 Å². The normalized spacial score (nSPS) is 29.7. The standard InChI is InChI=1S/C6H9N3O2/c1-6(9(10)11)2-3-8-5(7)4-6/h2-3H,4H2,1H3,(H2,7,8). The molecule has 0 bridgehead atoms. The summed E-state index contributed by atoms with van der Waals surface area (Å²) in [5.74, 6) is 0.312. The highest BCUT2D eigenvalue weighted by Crippen LogP contribution is 2.19. The summed E-state index contributed by atoms with van der Waals surface area (Å²) in [7, 11) is 0. The largest absolute Gasteiger partial charge is 0.387 e. The monoisotopic (exact) mass is 155 g/mol. The zero-order chi connectivity index (χ0) is 8.48. The zero-order valence-electron chi connectivity index (χ0n) is 6.15. The Morgan fingerprint density at radius 1 is 1.91 bits per heavy atom. The fraction of sp³-hybridized carbons (Fsp3) is 0.500. The molecule has 1 aliphatic heterocycles. The van der Waals surface area contributed by atoms with Crippen LogP contribution in [-0.2, 0) is 0 Å². The quantitative estimate of drug-likeness (QED) is 0.436. The highest BCUT2D eigenvalue weighted by molar-refractivity contribution is 5.83. The van der Waals surface area contributed by atoms with Gasteiger partial charge in [0.05, 0.1) is 6.42 Å². The number of nitro groups is 1. The average Bonchev–Trinajstić information content (AvgIpc) is 1.86. The van der Waals surface area contributed by atoms with Gasteiger partial charge in [-0.25, -0.2) is 4.99 Å². The first-order valence-corrected chi connectivity index (χ1v) is 3.19. The van der Waals surface area contributed by atoms with E-state index in [0.717, 1.165) is 0 Å². The van der Waals surface area contributed by atoms with Crippen molar-refractivity contribution in [3.05, 3.63) is 22.4 Å². The molecular formula is C6H9N3O2. The molecule has 0 saturated carbocycles. The molecule has 2 N–H and O–H groups in total. The van der Waals surface area contributed by atoms with E-state index in [0.29, 0.717) is 5.84 Å². The first-order valence-electron chi connectivity index (χ1n) is 3.19. The maximum absolute atomic E-state index is 10.5. The second kappa shape index (κ2) is 2.34. The van der Waals surface area contributed by atoms with Crippen LogP contribution in [0.2, 0.25) is 0 Å². The third kappa shape index (κ3) is 1.36. The minimum Gasteiger partial charge on any atom is -0.387 e. The van der Waals surface area contributed by atoms with E-state index >= 15 is 0 Å². The van der Waals surface area contributed by atoms with Crippen molar-refractivity contribution in [2.24, 2.45) is 10.7 Å². The molecule has 0 aromatic heterocycles. The predicted octanol–water partition coefficient (Wildman–Crippen LogP) is 0.296. The average molecular weight is 155 g/mol. The zero-order valence-corrected chi connectivity index (χ0v) is 6.15. The van der Waals surface area contributed by atoms with Crippen molar-refractivity contribution in [3.63, 3.8) is 0 Å². The number of hydrogen-bond donors (Lipinski definition) is 1. The van der Waals surface area contributed by atoms with Crippen molar-refractivity contribution < 1.29 is 4.92 Å². The molecule has 0 aliphatic carbocycles. The van der Waals surface area contributed by atoms with Gasteiger partial charge in [0.25, 0.3) is 0 Å². The van der Waals surface area contributed by atoms with Crippen molar-refractivity contribution in [3.8, 4) is 0 Å². The molecule has 11 heavy (non-hydrogen) atoms. The molecule has 1 aliphatic rings. The summed E-state index contributed by atoms with van der Waals surface area (Å²) in [6.07, 6.45) is 3.02. The van der Waals surface area contributed by atoms with Gasteiger partial charge >= 0.3 is 0 Å². The summed E-state index contributed by atoms with van der Waals surface area (Å²) in [5.41, 5.74) is 4.28. The van der Waals surface area contributed by atoms with Gasteiger partial charge in [-0.3, -0.25) is 10.1 Å². The van der Waals surface area contributed by atoms with Crippen molar-refractivity contribution in [1.29, 1.82) is 0 Å². The number of aliphatic imine (C=N–C) groups is 1. The Kier molecular flexibility index (Phi) is 1.64. The van der Waals surface area contributed by atoms with Gasteiger partial charge in [-0.05, 0) is 0 Å². The Morgan fingerprint density at radius 3 is 2.91 bits per heavy atom. The van der Waals surface area contributed by atoms with Gasteiger partial charge in [-0.15, -0.1) is 0 Å². The SMILES string of the molecule is CC1([N+](=O)[O-])C=CN=C(N)C1. The molecule has 1 unspecified atom stereocenters. The van der Waals surface area contributed by atoms with Crippen LogP contribution < -0.4 is 5.73 Å². The summed E-state index contributed by atoms with van der Waals surface area (Å²) in [4.78, 5) is 13.8. The molecule has 0 fully saturated rings. The van der Waals surface area contributed by atoms with E-state index in [1.165, 1.54) is 19.2 Å². The number of rotatable bonds is 1. The number of amidine groups is 1. The molecule has 60 valence electrons. The Balaban J connectivity index is 2.86. The molecule has 1 atom stereocenters. The molecule has 0 amide bonds. The van der Waals surface area contributed by atoms with Gasteiger partial charge < -0.3 is 5.73 Å². The van der Waals surface area contributed by atoms with Gasteiger partial charge in [-0.1, -0.05) is 0 Å². The van der Waals surface area contributed by atoms with E-state index < -0.39 is 5.54 Å². The van der Waals surface area contributed by atoms with Crippen LogP contribution in [0.25, 0.3) is 0 Å². The molecule has 0 saturated heterocycles. The lowest BCUT2D eigenvalue weighted by Gasteiger charge is -2.18. The molecule has 0 aromatic carbocycles. The lowest BCUT2D eigenvalue weighted by molar-refractivity contribution is -0.548. The summed E-state index contributed by atoms with van der Waals surface area (Å²) in [5, 5.41) is 10.5. The maximum atomic E-state index is 10.5. The molecule has 1 heterocycles. The summed E-state index contributed by atoms with van der Waals surface area (Å²) >= 11 is 0. The van der Waals surface area contributed by atoms with Crippen LogP contribution in [0.4, 0.5) is 0 Å². The number of nitrogens with zero attached hydrogens (tertiary/aromatic N) is 2. The summed E-state index contributed by atoms with van der Waals surface area (Å²) in [6, 6.07) is 0.